The van der Waals surface area contributed by atoms with E-state index in [1.165, 1.54) is 35.6 Å². The fourth-order valence-corrected chi connectivity index (χ4v) is 3.14. The van der Waals surface area contributed by atoms with Crippen molar-refractivity contribution in [1.82, 2.24) is 10.3 Å². The number of nitrogens with one attached hydrogen (secondary N) is 1. The van der Waals surface area contributed by atoms with Gasteiger partial charge in [-0.05, 0) is 11.8 Å². The smallest absolute Gasteiger partial charge is 0.0981 e. The lowest BCUT2D eigenvalue weighted by molar-refractivity contribution is 0.302. The van der Waals surface area contributed by atoms with Crippen LogP contribution in [0, 0.1) is 5.41 Å². The maximum Gasteiger partial charge on any atom is 0.0981 e. The van der Waals surface area contributed by atoms with E-state index in [2.05, 4.69) is 51.8 Å². The average molecular weight is 297 g/mol. The van der Waals surface area contributed by atoms with Gasteiger partial charge in [-0.2, -0.15) is 0 Å². The van der Waals surface area contributed by atoms with Gasteiger partial charge in [0.05, 0.1) is 5.01 Å². The summed E-state index contributed by atoms with van der Waals surface area (Å²) in [6, 6.07) is 0. The van der Waals surface area contributed by atoms with Gasteiger partial charge >= 0.3 is 0 Å². The Morgan fingerprint density at radius 3 is 2.40 bits per heavy atom. The second kappa shape index (κ2) is 7.56. The molecule has 0 radical (unpaired) electrons. The third-order valence-electron chi connectivity index (χ3n) is 3.56. The van der Waals surface area contributed by atoms with Crippen molar-refractivity contribution in [2.24, 2.45) is 5.41 Å². The van der Waals surface area contributed by atoms with E-state index in [0.717, 1.165) is 13.1 Å². The first kappa shape index (κ1) is 17.6. The molecule has 1 aromatic rings. The predicted molar refractivity (Wildman–Crippen MR) is 90.4 cm³/mol. The summed E-state index contributed by atoms with van der Waals surface area (Å²) in [5.74, 6) is 0. The van der Waals surface area contributed by atoms with Crippen LogP contribution in [0.1, 0.15) is 77.1 Å². The topological polar surface area (TPSA) is 24.9 Å². The maximum atomic E-state index is 4.54. The molecule has 0 aromatic carbocycles. The van der Waals surface area contributed by atoms with Crippen LogP contribution in [0.2, 0.25) is 0 Å². The van der Waals surface area contributed by atoms with Crippen LogP contribution in [0.3, 0.4) is 0 Å². The molecule has 0 aliphatic heterocycles. The summed E-state index contributed by atoms with van der Waals surface area (Å²) in [4.78, 5) is 5.89. The summed E-state index contributed by atoms with van der Waals surface area (Å²) in [6.07, 6.45) is 7.35. The van der Waals surface area contributed by atoms with Gasteiger partial charge in [0, 0.05) is 29.6 Å². The lowest BCUT2D eigenvalue weighted by Gasteiger charge is -2.24. The molecule has 0 saturated heterocycles. The Bertz CT molecular complexity index is 388. The van der Waals surface area contributed by atoms with Gasteiger partial charge in [0.15, 0.2) is 0 Å². The number of nitrogens with zero attached hydrogens (tertiary/aromatic N) is 1. The third kappa shape index (κ3) is 6.36. The Morgan fingerprint density at radius 2 is 1.85 bits per heavy atom. The van der Waals surface area contributed by atoms with Crippen LogP contribution in [-0.2, 0) is 12.0 Å². The summed E-state index contributed by atoms with van der Waals surface area (Å²) in [7, 11) is 0. The average Bonchev–Trinajstić information content (AvgIpc) is 2.77. The molecule has 1 heterocycles. The molecular formula is C17H32N2S. The molecule has 0 atom stereocenters. The van der Waals surface area contributed by atoms with E-state index in [9.17, 15) is 0 Å². The highest BCUT2D eigenvalue weighted by atomic mass is 32.1. The maximum absolute atomic E-state index is 4.54. The predicted octanol–water partition coefficient (Wildman–Crippen LogP) is 5.14. The highest BCUT2D eigenvalue weighted by Crippen LogP contribution is 2.27. The molecule has 0 fully saturated rings. The number of rotatable bonds is 8. The Kier molecular flexibility index (Phi) is 6.67. The Hall–Kier alpha value is -0.410. The molecule has 0 unspecified atom stereocenters. The number of unbranched alkanes of at least 4 members (excludes halogenated alkanes) is 2. The molecule has 0 saturated carbocycles. The van der Waals surface area contributed by atoms with Crippen LogP contribution < -0.4 is 5.32 Å². The molecule has 0 aliphatic rings. The molecule has 0 amide bonds. The van der Waals surface area contributed by atoms with Gasteiger partial charge in [0.2, 0.25) is 0 Å². The fourth-order valence-electron chi connectivity index (χ4n) is 2.20. The summed E-state index contributed by atoms with van der Waals surface area (Å²) >= 11 is 1.84. The summed E-state index contributed by atoms with van der Waals surface area (Å²) < 4.78 is 0. The van der Waals surface area contributed by atoms with Crippen LogP contribution in [0.15, 0.2) is 6.20 Å². The van der Waals surface area contributed by atoms with Crippen LogP contribution in [0.5, 0.6) is 0 Å². The van der Waals surface area contributed by atoms with Crippen molar-refractivity contribution >= 4 is 11.3 Å². The fraction of sp³-hybridized carbons (Fsp3) is 0.824. The van der Waals surface area contributed by atoms with Gasteiger partial charge in [0.25, 0.3) is 0 Å². The van der Waals surface area contributed by atoms with Crippen molar-refractivity contribution in [1.29, 1.82) is 0 Å². The Morgan fingerprint density at radius 1 is 1.15 bits per heavy atom. The second-order valence-electron chi connectivity index (χ2n) is 7.61. The van der Waals surface area contributed by atoms with Crippen molar-refractivity contribution in [3.05, 3.63) is 16.1 Å². The zero-order chi connectivity index (χ0) is 15.2. The normalized spacial score (nSPS) is 12.9. The minimum Gasteiger partial charge on any atom is -0.311 e. The minimum absolute atomic E-state index is 0.169. The van der Waals surface area contributed by atoms with E-state index in [0.29, 0.717) is 5.41 Å². The molecule has 1 N–H and O–H groups in total. The summed E-state index contributed by atoms with van der Waals surface area (Å²) in [5.41, 5.74) is 0.565. The number of hydrogen-bond donors (Lipinski definition) is 1. The van der Waals surface area contributed by atoms with Gasteiger partial charge in [-0.3, -0.25) is 0 Å². The molecular weight excluding hydrogens is 264 g/mol. The van der Waals surface area contributed by atoms with Crippen molar-refractivity contribution in [2.45, 2.75) is 79.2 Å². The Balaban J connectivity index is 2.35. The van der Waals surface area contributed by atoms with Crippen molar-refractivity contribution in [2.75, 3.05) is 6.54 Å². The number of aromatic nitrogens is 1. The Labute approximate surface area is 129 Å². The first-order chi connectivity index (χ1) is 9.24. The van der Waals surface area contributed by atoms with E-state index in [1.807, 2.05) is 17.5 Å². The van der Waals surface area contributed by atoms with Crippen LogP contribution in [0.25, 0.3) is 0 Å². The number of hydrogen-bond acceptors (Lipinski definition) is 3. The van der Waals surface area contributed by atoms with Gasteiger partial charge in [-0.15, -0.1) is 11.3 Å². The molecule has 116 valence electrons. The van der Waals surface area contributed by atoms with Crippen LogP contribution in [-0.4, -0.2) is 11.5 Å². The highest BCUT2D eigenvalue weighted by molar-refractivity contribution is 7.11. The molecule has 0 spiro atoms. The summed E-state index contributed by atoms with van der Waals surface area (Å²) in [6.45, 7) is 15.7. The molecule has 0 bridgehead atoms. The first-order valence-electron chi connectivity index (χ1n) is 7.90. The zero-order valence-electron chi connectivity index (χ0n) is 14.2. The molecule has 1 rings (SSSR count). The van der Waals surface area contributed by atoms with Gasteiger partial charge in [0.1, 0.15) is 0 Å². The van der Waals surface area contributed by atoms with Gasteiger partial charge in [-0.1, -0.05) is 60.8 Å². The lowest BCUT2D eigenvalue weighted by atomic mass is 9.87. The molecule has 3 heteroatoms. The highest BCUT2D eigenvalue weighted by Gasteiger charge is 2.19. The monoisotopic (exact) mass is 296 g/mol. The van der Waals surface area contributed by atoms with E-state index in [-0.39, 0.29) is 5.41 Å². The zero-order valence-corrected chi connectivity index (χ0v) is 15.0. The van der Waals surface area contributed by atoms with Gasteiger partial charge < -0.3 is 5.32 Å². The van der Waals surface area contributed by atoms with Crippen molar-refractivity contribution in [3.63, 3.8) is 0 Å². The summed E-state index contributed by atoms with van der Waals surface area (Å²) in [5, 5.41) is 4.84. The minimum atomic E-state index is 0.169. The molecule has 20 heavy (non-hydrogen) atoms. The largest absolute Gasteiger partial charge is 0.311 e. The van der Waals surface area contributed by atoms with E-state index in [4.69, 9.17) is 0 Å². The second-order valence-corrected chi connectivity index (χ2v) is 8.72. The van der Waals surface area contributed by atoms with Crippen molar-refractivity contribution < 1.29 is 0 Å². The van der Waals surface area contributed by atoms with Crippen molar-refractivity contribution in [3.8, 4) is 0 Å². The van der Waals surface area contributed by atoms with E-state index in [1.54, 1.807) is 0 Å². The van der Waals surface area contributed by atoms with E-state index >= 15 is 0 Å². The number of thiazole rings is 1. The molecule has 2 nitrogen and oxygen atoms in total. The lowest BCUT2D eigenvalue weighted by Crippen LogP contribution is -2.28. The van der Waals surface area contributed by atoms with E-state index < -0.39 is 0 Å². The standard InChI is InChI=1S/C17H32N2S/c1-7-8-9-10-17(5,6)13-18-11-14-12-19-15(20-14)16(2,3)4/h12,18H,7-11,13H2,1-6H3. The van der Waals surface area contributed by atoms with Gasteiger partial charge in [-0.25, -0.2) is 4.98 Å². The molecule has 0 aliphatic carbocycles. The van der Waals surface area contributed by atoms with Crippen LogP contribution in [0.4, 0.5) is 0 Å². The molecule has 1 aromatic heterocycles. The third-order valence-corrected chi connectivity index (χ3v) is 4.98. The quantitative estimate of drug-likeness (QED) is 0.672. The van der Waals surface area contributed by atoms with Crippen LogP contribution >= 0.6 is 11.3 Å². The SMILES string of the molecule is CCCCCC(C)(C)CNCc1cnc(C(C)(C)C)s1. The first-order valence-corrected chi connectivity index (χ1v) is 8.72.